The smallest absolute Gasteiger partial charge is 0.336 e. The molecule has 0 aromatic heterocycles. The van der Waals surface area contributed by atoms with Gasteiger partial charge in [-0.2, -0.15) is 0 Å². The number of carboxylic acids is 1. The molecule has 0 unspecified atom stereocenters. The van der Waals surface area contributed by atoms with Gasteiger partial charge in [0.25, 0.3) is 0 Å². The fraction of sp³-hybridized carbons (Fsp3) is 0.417. The van der Waals surface area contributed by atoms with Crippen molar-refractivity contribution in [3.8, 4) is 0 Å². The summed E-state index contributed by atoms with van der Waals surface area (Å²) >= 11 is 2.21. The van der Waals surface area contributed by atoms with E-state index in [0.29, 0.717) is 5.56 Å². The molecule has 0 aliphatic carbocycles. The fourth-order valence-corrected chi connectivity index (χ4v) is 3.04. The third-order valence-corrected chi connectivity index (χ3v) is 3.69. The van der Waals surface area contributed by atoms with Crippen LogP contribution in [-0.2, 0) is 12.8 Å². The molecule has 0 atom stereocenters. The number of aromatic carboxylic acids is 1. The van der Waals surface area contributed by atoms with Crippen LogP contribution >= 0.6 is 22.6 Å². The third kappa shape index (κ3) is 2.33. The lowest BCUT2D eigenvalue weighted by molar-refractivity contribution is 0.0695. The van der Waals surface area contributed by atoms with Crippen molar-refractivity contribution in [1.29, 1.82) is 0 Å². The SMILES string of the molecule is CCc1c(I)cc(C(=O)O)c(CC)c1C. The molecule has 82 valence electrons. The molecule has 0 fully saturated rings. The number of hydrogen-bond acceptors (Lipinski definition) is 1. The van der Waals surface area contributed by atoms with Gasteiger partial charge in [-0.25, -0.2) is 4.79 Å². The van der Waals surface area contributed by atoms with Crippen LogP contribution in [0.5, 0.6) is 0 Å². The highest BCUT2D eigenvalue weighted by Gasteiger charge is 2.15. The second kappa shape index (κ2) is 4.96. The molecule has 1 aromatic rings. The van der Waals surface area contributed by atoms with Crippen LogP contribution < -0.4 is 0 Å². The minimum absolute atomic E-state index is 0.455. The molecule has 0 spiro atoms. The van der Waals surface area contributed by atoms with E-state index in [1.807, 2.05) is 13.8 Å². The van der Waals surface area contributed by atoms with Crippen LogP contribution in [0.1, 0.15) is 40.9 Å². The van der Waals surface area contributed by atoms with Crippen molar-refractivity contribution in [1.82, 2.24) is 0 Å². The Morgan fingerprint density at radius 3 is 2.27 bits per heavy atom. The second-order valence-electron chi connectivity index (χ2n) is 3.50. The maximum atomic E-state index is 11.1. The van der Waals surface area contributed by atoms with Crippen LogP contribution in [0.15, 0.2) is 6.07 Å². The molecule has 0 radical (unpaired) electrons. The Kier molecular flexibility index (Phi) is 4.13. The first kappa shape index (κ1) is 12.5. The number of carboxylic acid groups (broad SMARTS) is 1. The van der Waals surface area contributed by atoms with Gasteiger partial charge in [-0.3, -0.25) is 0 Å². The highest BCUT2D eigenvalue weighted by molar-refractivity contribution is 14.1. The first-order valence-electron chi connectivity index (χ1n) is 5.07. The maximum Gasteiger partial charge on any atom is 0.336 e. The molecule has 2 nitrogen and oxygen atoms in total. The van der Waals surface area contributed by atoms with Gasteiger partial charge in [0.15, 0.2) is 0 Å². The standard InChI is InChI=1S/C12H15IO2/c1-4-8-7(3)9(5-2)11(13)6-10(8)12(14)15/h6H,4-5H2,1-3H3,(H,14,15). The van der Waals surface area contributed by atoms with Crippen LogP contribution in [0.4, 0.5) is 0 Å². The van der Waals surface area contributed by atoms with Gasteiger partial charge in [-0.1, -0.05) is 13.8 Å². The van der Waals surface area contributed by atoms with Crippen molar-refractivity contribution < 1.29 is 9.90 Å². The first-order chi connectivity index (χ1) is 7.02. The minimum Gasteiger partial charge on any atom is -0.478 e. The number of benzene rings is 1. The Hall–Kier alpha value is -0.580. The summed E-state index contributed by atoms with van der Waals surface area (Å²) in [6.45, 7) is 6.12. The van der Waals surface area contributed by atoms with E-state index in [1.54, 1.807) is 6.07 Å². The predicted molar refractivity (Wildman–Crippen MR) is 69.6 cm³/mol. The van der Waals surface area contributed by atoms with Crippen molar-refractivity contribution in [2.75, 3.05) is 0 Å². The summed E-state index contributed by atoms with van der Waals surface area (Å²) in [5.74, 6) is -0.824. The van der Waals surface area contributed by atoms with Crippen molar-refractivity contribution in [3.63, 3.8) is 0 Å². The van der Waals surface area contributed by atoms with Crippen molar-refractivity contribution in [3.05, 3.63) is 31.9 Å². The molecule has 0 amide bonds. The highest BCUT2D eigenvalue weighted by atomic mass is 127. The Morgan fingerprint density at radius 2 is 1.87 bits per heavy atom. The molecular weight excluding hydrogens is 303 g/mol. The summed E-state index contributed by atoms with van der Waals surface area (Å²) in [5.41, 5.74) is 3.85. The van der Waals surface area contributed by atoms with E-state index >= 15 is 0 Å². The van der Waals surface area contributed by atoms with Gasteiger partial charge in [0.05, 0.1) is 5.56 Å². The quantitative estimate of drug-likeness (QED) is 0.867. The zero-order valence-electron chi connectivity index (χ0n) is 9.22. The Labute approximate surface area is 104 Å². The lowest BCUT2D eigenvalue weighted by Gasteiger charge is -2.14. The lowest BCUT2D eigenvalue weighted by atomic mass is 9.94. The van der Waals surface area contributed by atoms with Crippen molar-refractivity contribution in [2.45, 2.75) is 33.6 Å². The Morgan fingerprint density at radius 1 is 1.33 bits per heavy atom. The van der Waals surface area contributed by atoms with E-state index in [0.717, 1.165) is 27.5 Å². The second-order valence-corrected chi connectivity index (χ2v) is 4.66. The first-order valence-corrected chi connectivity index (χ1v) is 6.14. The average Bonchev–Trinajstić information content (AvgIpc) is 2.17. The molecule has 0 heterocycles. The predicted octanol–water partition coefficient (Wildman–Crippen LogP) is 3.42. The monoisotopic (exact) mass is 318 g/mol. The summed E-state index contributed by atoms with van der Waals surface area (Å²) < 4.78 is 1.06. The number of rotatable bonds is 3. The zero-order chi connectivity index (χ0) is 11.6. The van der Waals surface area contributed by atoms with E-state index in [4.69, 9.17) is 5.11 Å². The molecule has 15 heavy (non-hydrogen) atoms. The van der Waals surface area contributed by atoms with E-state index < -0.39 is 5.97 Å². The molecule has 0 aliphatic heterocycles. The van der Waals surface area contributed by atoms with E-state index in [9.17, 15) is 4.79 Å². The minimum atomic E-state index is -0.824. The van der Waals surface area contributed by atoms with Crippen LogP contribution in [-0.4, -0.2) is 11.1 Å². The van der Waals surface area contributed by atoms with Gasteiger partial charge in [0.2, 0.25) is 0 Å². The molecule has 0 saturated carbocycles. The topological polar surface area (TPSA) is 37.3 Å². The number of carbonyl (C=O) groups is 1. The summed E-state index contributed by atoms with van der Waals surface area (Å²) in [4.78, 5) is 11.1. The Bertz CT molecular complexity index is 397. The van der Waals surface area contributed by atoms with Gasteiger partial charge in [-0.15, -0.1) is 0 Å². The molecule has 0 bridgehead atoms. The van der Waals surface area contributed by atoms with Crippen LogP contribution in [0.25, 0.3) is 0 Å². The van der Waals surface area contributed by atoms with Crippen LogP contribution in [0.2, 0.25) is 0 Å². The van der Waals surface area contributed by atoms with Gasteiger partial charge >= 0.3 is 5.97 Å². The molecule has 0 saturated heterocycles. The summed E-state index contributed by atoms with van der Waals surface area (Å²) in [7, 11) is 0. The Balaban J connectivity index is 3.51. The zero-order valence-corrected chi connectivity index (χ0v) is 11.4. The van der Waals surface area contributed by atoms with Crippen LogP contribution in [0, 0.1) is 10.5 Å². The molecule has 1 N–H and O–H groups in total. The third-order valence-electron chi connectivity index (χ3n) is 2.73. The van der Waals surface area contributed by atoms with Gasteiger partial charge in [0, 0.05) is 3.57 Å². The molecule has 1 rings (SSSR count). The van der Waals surface area contributed by atoms with Crippen LogP contribution in [0.3, 0.4) is 0 Å². The summed E-state index contributed by atoms with van der Waals surface area (Å²) in [5, 5.41) is 9.11. The molecule has 1 aromatic carbocycles. The molecule has 3 heteroatoms. The van der Waals surface area contributed by atoms with Gasteiger partial charge in [0.1, 0.15) is 0 Å². The molecular formula is C12H15IO2. The van der Waals surface area contributed by atoms with E-state index in [-0.39, 0.29) is 0 Å². The normalized spacial score (nSPS) is 10.4. The fourth-order valence-electron chi connectivity index (χ4n) is 1.94. The summed E-state index contributed by atoms with van der Waals surface area (Å²) in [6, 6.07) is 1.79. The average molecular weight is 318 g/mol. The van der Waals surface area contributed by atoms with E-state index in [2.05, 4.69) is 29.5 Å². The summed E-state index contributed by atoms with van der Waals surface area (Å²) in [6.07, 6.45) is 1.73. The molecule has 0 aliphatic rings. The van der Waals surface area contributed by atoms with Crippen molar-refractivity contribution >= 4 is 28.6 Å². The van der Waals surface area contributed by atoms with Crippen molar-refractivity contribution in [2.24, 2.45) is 0 Å². The maximum absolute atomic E-state index is 11.1. The van der Waals surface area contributed by atoms with Gasteiger partial charge in [-0.05, 0) is 65.1 Å². The van der Waals surface area contributed by atoms with E-state index in [1.165, 1.54) is 5.56 Å². The van der Waals surface area contributed by atoms with Gasteiger partial charge < -0.3 is 5.11 Å². The number of halogens is 1. The lowest BCUT2D eigenvalue weighted by Crippen LogP contribution is -2.07. The highest BCUT2D eigenvalue weighted by Crippen LogP contribution is 2.25. The largest absolute Gasteiger partial charge is 0.478 e. The number of hydrogen-bond donors (Lipinski definition) is 1.